The van der Waals surface area contributed by atoms with E-state index in [4.69, 9.17) is 0 Å². The molecule has 1 heterocycles. The van der Waals surface area contributed by atoms with Gasteiger partial charge in [0.1, 0.15) is 11.5 Å². The van der Waals surface area contributed by atoms with Gasteiger partial charge in [-0.2, -0.15) is 0 Å². The molecule has 0 aliphatic heterocycles. The van der Waals surface area contributed by atoms with E-state index in [1.165, 1.54) is 35.0 Å². The molecule has 2 aromatic carbocycles. The van der Waals surface area contributed by atoms with Gasteiger partial charge in [0.25, 0.3) is 5.56 Å². The number of aromatic nitrogens is 2. The average Bonchev–Trinajstić information content (AvgIpc) is 2.65. The lowest BCUT2D eigenvalue weighted by molar-refractivity contribution is 0.594. The van der Waals surface area contributed by atoms with Crippen LogP contribution in [-0.2, 0) is 7.05 Å². The molecule has 2 N–H and O–H groups in total. The van der Waals surface area contributed by atoms with Crippen molar-refractivity contribution in [2.24, 2.45) is 7.05 Å². The molecule has 0 unspecified atom stereocenters. The van der Waals surface area contributed by atoms with Crippen molar-refractivity contribution in [3.63, 3.8) is 0 Å². The predicted octanol–water partition coefficient (Wildman–Crippen LogP) is 4.73. The first-order chi connectivity index (χ1) is 12.9. The highest BCUT2D eigenvalue weighted by molar-refractivity contribution is 8.00. The molecule has 3 rings (SSSR count). The summed E-state index contributed by atoms with van der Waals surface area (Å²) in [5.74, 6) is -0.617. The van der Waals surface area contributed by atoms with E-state index in [1.54, 1.807) is 26.1 Å². The lowest BCUT2D eigenvalue weighted by atomic mass is 10.1. The van der Waals surface area contributed by atoms with Crippen LogP contribution in [0.25, 0.3) is 10.9 Å². The van der Waals surface area contributed by atoms with Crippen molar-refractivity contribution in [1.29, 1.82) is 0 Å². The molecule has 0 saturated heterocycles. The third kappa shape index (κ3) is 3.75. The number of fused-ring (bicyclic) bond motifs is 1. The van der Waals surface area contributed by atoms with E-state index in [2.05, 4.69) is 15.0 Å². The summed E-state index contributed by atoms with van der Waals surface area (Å²) < 4.78 is 33.3. The zero-order valence-electron chi connectivity index (χ0n) is 15.3. The lowest BCUT2D eigenvalue weighted by Crippen LogP contribution is -2.18. The molecular formula is C19H20F2N4OS. The Kier molecular flexibility index (Phi) is 5.65. The molecule has 0 aliphatic rings. The van der Waals surface area contributed by atoms with Gasteiger partial charge in [-0.05, 0) is 43.2 Å². The molecule has 0 spiro atoms. The Morgan fingerprint density at radius 3 is 2.67 bits per heavy atom. The zero-order valence-corrected chi connectivity index (χ0v) is 16.1. The summed E-state index contributed by atoms with van der Waals surface area (Å²) in [4.78, 5) is 16.6. The average molecular weight is 390 g/mol. The maximum absolute atomic E-state index is 14.8. The normalized spacial score (nSPS) is 11.0. The van der Waals surface area contributed by atoms with Gasteiger partial charge in [-0.3, -0.25) is 4.79 Å². The molecule has 0 bridgehead atoms. The summed E-state index contributed by atoms with van der Waals surface area (Å²) in [5, 5.41) is 3.22. The van der Waals surface area contributed by atoms with E-state index in [1.807, 2.05) is 6.92 Å². The molecule has 3 aromatic rings. The maximum atomic E-state index is 14.8. The number of benzene rings is 2. The van der Waals surface area contributed by atoms with Crippen LogP contribution in [0.1, 0.15) is 18.9 Å². The van der Waals surface area contributed by atoms with Crippen LogP contribution in [0.5, 0.6) is 0 Å². The van der Waals surface area contributed by atoms with E-state index in [0.29, 0.717) is 22.2 Å². The highest BCUT2D eigenvalue weighted by atomic mass is 32.2. The van der Waals surface area contributed by atoms with Crippen LogP contribution in [-0.4, -0.2) is 15.3 Å². The highest BCUT2D eigenvalue weighted by Gasteiger charge is 2.16. The van der Waals surface area contributed by atoms with E-state index < -0.39 is 11.6 Å². The molecular weight excluding hydrogens is 370 g/mol. The van der Waals surface area contributed by atoms with Crippen molar-refractivity contribution in [1.82, 2.24) is 9.55 Å². The fourth-order valence-electron chi connectivity index (χ4n) is 2.70. The fourth-order valence-corrected chi connectivity index (χ4v) is 3.32. The van der Waals surface area contributed by atoms with Crippen molar-refractivity contribution in [3.8, 4) is 0 Å². The number of nitrogens with zero attached hydrogens (tertiary/aromatic N) is 2. The highest BCUT2D eigenvalue weighted by Crippen LogP contribution is 2.32. The van der Waals surface area contributed by atoms with Crippen LogP contribution in [0.4, 0.5) is 25.8 Å². The first kappa shape index (κ1) is 19.2. The van der Waals surface area contributed by atoms with Crippen LogP contribution >= 0.6 is 11.9 Å². The van der Waals surface area contributed by atoms with Gasteiger partial charge < -0.3 is 14.6 Å². The van der Waals surface area contributed by atoms with Crippen molar-refractivity contribution in [3.05, 3.63) is 58.1 Å². The van der Waals surface area contributed by atoms with Gasteiger partial charge in [0.15, 0.2) is 5.82 Å². The molecule has 8 heteroatoms. The third-order valence-electron chi connectivity index (χ3n) is 4.19. The summed E-state index contributed by atoms with van der Waals surface area (Å²) in [6.45, 7) is 3.74. The Balaban J connectivity index is 2.02. The molecule has 1 aromatic heterocycles. The monoisotopic (exact) mass is 390 g/mol. The minimum absolute atomic E-state index is 0.202. The topological polar surface area (TPSA) is 59.0 Å². The number of nitrogens with one attached hydrogen (secondary N) is 2. The molecule has 0 atom stereocenters. The predicted molar refractivity (Wildman–Crippen MR) is 108 cm³/mol. The molecule has 5 nitrogen and oxygen atoms in total. The van der Waals surface area contributed by atoms with Crippen molar-refractivity contribution in [2.45, 2.75) is 20.3 Å². The molecule has 142 valence electrons. The largest absolute Gasteiger partial charge is 0.350 e. The van der Waals surface area contributed by atoms with Crippen LogP contribution in [0.2, 0.25) is 0 Å². The molecule has 0 fully saturated rings. The summed E-state index contributed by atoms with van der Waals surface area (Å²) >= 11 is 1.36. The van der Waals surface area contributed by atoms with Crippen molar-refractivity contribution in [2.75, 3.05) is 15.8 Å². The maximum Gasteiger partial charge on any atom is 0.261 e. The first-order valence-corrected chi connectivity index (χ1v) is 9.50. The van der Waals surface area contributed by atoms with Crippen LogP contribution in [0.15, 0.2) is 35.4 Å². The van der Waals surface area contributed by atoms with E-state index in [9.17, 15) is 13.6 Å². The Morgan fingerprint density at radius 1 is 1.19 bits per heavy atom. The summed E-state index contributed by atoms with van der Waals surface area (Å²) in [5.41, 5.74) is 1.29. The van der Waals surface area contributed by atoms with Gasteiger partial charge in [-0.25, -0.2) is 13.8 Å². The minimum Gasteiger partial charge on any atom is -0.350 e. The SMILES string of the molecule is CCCSNc1ccc(F)c(Nc2ccc3ncn(C)c(=O)c3c2C)c1F. The van der Waals surface area contributed by atoms with Crippen LogP contribution in [0.3, 0.4) is 0 Å². The van der Waals surface area contributed by atoms with Gasteiger partial charge >= 0.3 is 0 Å². The molecule has 0 radical (unpaired) electrons. The lowest BCUT2D eigenvalue weighted by Gasteiger charge is -2.15. The Hall–Kier alpha value is -2.61. The van der Waals surface area contributed by atoms with E-state index in [0.717, 1.165) is 12.2 Å². The van der Waals surface area contributed by atoms with E-state index in [-0.39, 0.29) is 16.9 Å². The van der Waals surface area contributed by atoms with Crippen molar-refractivity contribution >= 4 is 39.9 Å². The second kappa shape index (κ2) is 7.96. The van der Waals surface area contributed by atoms with Gasteiger partial charge in [0, 0.05) is 18.5 Å². The van der Waals surface area contributed by atoms with Crippen molar-refractivity contribution < 1.29 is 8.78 Å². The number of hydrogen-bond donors (Lipinski definition) is 2. The summed E-state index contributed by atoms with van der Waals surface area (Å²) in [6, 6.07) is 5.89. The molecule has 0 saturated carbocycles. The molecule has 0 aliphatic carbocycles. The quantitative estimate of drug-likeness (QED) is 0.471. The summed E-state index contributed by atoms with van der Waals surface area (Å²) in [7, 11) is 1.61. The number of anilines is 3. The van der Waals surface area contributed by atoms with Gasteiger partial charge in [-0.1, -0.05) is 18.9 Å². The Bertz CT molecular complexity index is 1050. The second-order valence-electron chi connectivity index (χ2n) is 6.15. The van der Waals surface area contributed by atoms with Crippen LogP contribution < -0.4 is 15.6 Å². The van der Waals surface area contributed by atoms with E-state index >= 15 is 0 Å². The number of halogens is 2. The Labute approximate surface area is 159 Å². The smallest absolute Gasteiger partial charge is 0.261 e. The van der Waals surface area contributed by atoms with Crippen LogP contribution in [0, 0.1) is 18.6 Å². The number of hydrogen-bond acceptors (Lipinski definition) is 5. The van der Waals surface area contributed by atoms with Gasteiger partial charge in [-0.15, -0.1) is 0 Å². The first-order valence-electron chi connectivity index (χ1n) is 8.51. The standard InChI is InChI=1S/C19H20F2N4OS/c1-4-9-27-24-15-6-5-12(20)18(17(15)21)23-13-7-8-14-16(11(13)2)19(26)25(3)10-22-14/h5-8,10,23-24H,4,9H2,1-3H3. The molecule has 0 amide bonds. The molecule has 27 heavy (non-hydrogen) atoms. The zero-order chi connectivity index (χ0) is 19.6. The fraction of sp³-hybridized carbons (Fsp3) is 0.263. The number of rotatable bonds is 6. The number of aryl methyl sites for hydroxylation is 2. The third-order valence-corrected chi connectivity index (χ3v) is 5.16. The van der Waals surface area contributed by atoms with Gasteiger partial charge in [0.05, 0.1) is 22.9 Å². The minimum atomic E-state index is -0.711. The van der Waals surface area contributed by atoms with Gasteiger partial charge in [0.2, 0.25) is 0 Å². The second-order valence-corrected chi connectivity index (χ2v) is 7.05. The summed E-state index contributed by atoms with van der Waals surface area (Å²) in [6.07, 6.45) is 2.38. The Morgan fingerprint density at radius 2 is 1.93 bits per heavy atom.